The fraction of sp³-hybridized carbons (Fsp3) is 0.278. The molecule has 1 saturated carbocycles. The van der Waals surface area contributed by atoms with Gasteiger partial charge in [-0.25, -0.2) is 9.78 Å². The maximum Gasteiger partial charge on any atom is 0.338 e. The van der Waals surface area contributed by atoms with E-state index in [1.54, 1.807) is 4.68 Å². The van der Waals surface area contributed by atoms with E-state index in [9.17, 15) is 4.79 Å². The number of carbonyl (C=O) groups is 1. The van der Waals surface area contributed by atoms with Crippen LogP contribution < -0.4 is 0 Å². The molecule has 1 aliphatic rings. The Labute approximate surface area is 153 Å². The van der Waals surface area contributed by atoms with Crippen LogP contribution in [0.1, 0.15) is 52.0 Å². The molecule has 0 amide bonds. The lowest BCUT2D eigenvalue weighted by molar-refractivity contribution is 0.0696. The molecule has 9 nitrogen and oxygen atoms in total. The van der Waals surface area contributed by atoms with Crippen LogP contribution in [0, 0.1) is 0 Å². The molecule has 0 unspecified atom stereocenters. The molecule has 0 aliphatic heterocycles. The summed E-state index contributed by atoms with van der Waals surface area (Å²) in [4.78, 5) is 15.8. The zero-order valence-electron chi connectivity index (χ0n) is 14.3. The average Bonchev–Trinajstić information content (AvgIpc) is 3.05. The van der Waals surface area contributed by atoms with E-state index < -0.39 is 5.97 Å². The van der Waals surface area contributed by atoms with Gasteiger partial charge in [-0.1, -0.05) is 6.07 Å². The van der Waals surface area contributed by atoms with Gasteiger partial charge in [0.25, 0.3) is 0 Å². The maximum atomic E-state index is 11.1. The monoisotopic (exact) mass is 364 g/mol. The summed E-state index contributed by atoms with van der Waals surface area (Å²) in [7, 11) is 0. The third-order valence-electron chi connectivity index (χ3n) is 4.79. The number of aromatic carboxylic acids is 1. The zero-order valence-corrected chi connectivity index (χ0v) is 14.3. The summed E-state index contributed by atoms with van der Waals surface area (Å²) in [5.74, 6) is 0.124. The molecule has 4 heterocycles. The van der Waals surface area contributed by atoms with Gasteiger partial charge in [-0.15, -0.1) is 10.2 Å². The zero-order chi connectivity index (χ0) is 18.4. The van der Waals surface area contributed by atoms with Crippen LogP contribution in [0.3, 0.4) is 0 Å². The van der Waals surface area contributed by atoms with Gasteiger partial charge in [-0.3, -0.25) is 4.68 Å². The normalized spacial score (nSPS) is 14.1. The standard InChI is InChI=1S/C18H16N6O3/c25-18(26)13-6-20-23(7-13)9-14-15(5-17-22-19-10-27-17)24-8-12(11-1-2-11)3-4-16(24)21-14/h3-4,6-8,10-11H,1-2,5,9H2,(H,25,26). The van der Waals surface area contributed by atoms with Gasteiger partial charge in [0.05, 0.1) is 36.1 Å². The van der Waals surface area contributed by atoms with E-state index in [2.05, 4.69) is 32.0 Å². The number of fused-ring (bicyclic) bond motifs is 1. The van der Waals surface area contributed by atoms with Gasteiger partial charge in [0.1, 0.15) is 5.65 Å². The van der Waals surface area contributed by atoms with Gasteiger partial charge >= 0.3 is 5.97 Å². The van der Waals surface area contributed by atoms with Crippen molar-refractivity contribution in [3.8, 4) is 0 Å². The van der Waals surface area contributed by atoms with Crippen molar-refractivity contribution < 1.29 is 14.3 Å². The predicted molar refractivity (Wildman–Crippen MR) is 92.6 cm³/mol. The molecule has 0 spiro atoms. The summed E-state index contributed by atoms with van der Waals surface area (Å²) in [5, 5.41) is 21.0. The molecule has 27 heavy (non-hydrogen) atoms. The predicted octanol–water partition coefficient (Wildman–Crippen LogP) is 2.13. The van der Waals surface area contributed by atoms with E-state index in [1.165, 1.54) is 37.2 Å². The SMILES string of the molecule is O=C(O)c1cnn(Cc2nc3ccc(C4CC4)cn3c2Cc2nnco2)c1. The Hall–Kier alpha value is -3.49. The highest BCUT2D eigenvalue weighted by atomic mass is 16.4. The van der Waals surface area contributed by atoms with Crippen molar-refractivity contribution >= 4 is 11.6 Å². The number of imidazole rings is 1. The number of carboxylic acid groups (broad SMARTS) is 1. The van der Waals surface area contributed by atoms with Crippen molar-refractivity contribution in [1.82, 2.24) is 29.4 Å². The number of rotatable bonds is 6. The fourth-order valence-corrected chi connectivity index (χ4v) is 3.26. The molecule has 9 heteroatoms. The molecule has 0 radical (unpaired) electrons. The van der Waals surface area contributed by atoms with Gasteiger partial charge in [-0.2, -0.15) is 5.10 Å². The number of hydrogen-bond donors (Lipinski definition) is 1. The van der Waals surface area contributed by atoms with E-state index in [0.29, 0.717) is 24.8 Å². The lowest BCUT2D eigenvalue weighted by Gasteiger charge is -2.05. The molecule has 4 aromatic heterocycles. The van der Waals surface area contributed by atoms with Crippen LogP contribution in [-0.4, -0.2) is 40.4 Å². The highest BCUT2D eigenvalue weighted by Crippen LogP contribution is 2.40. The smallest absolute Gasteiger partial charge is 0.338 e. The minimum atomic E-state index is -1.00. The Balaban J connectivity index is 1.57. The van der Waals surface area contributed by atoms with Crippen LogP contribution in [0.5, 0.6) is 0 Å². The molecule has 1 fully saturated rings. The first-order valence-corrected chi connectivity index (χ1v) is 8.68. The summed E-state index contributed by atoms with van der Waals surface area (Å²) >= 11 is 0. The largest absolute Gasteiger partial charge is 0.478 e. The lowest BCUT2D eigenvalue weighted by Crippen LogP contribution is -2.06. The Kier molecular flexibility index (Phi) is 3.52. The third-order valence-corrected chi connectivity index (χ3v) is 4.79. The number of carboxylic acids is 1. The van der Waals surface area contributed by atoms with Gasteiger partial charge in [0.2, 0.25) is 12.3 Å². The van der Waals surface area contributed by atoms with Gasteiger partial charge < -0.3 is 13.9 Å². The molecule has 0 atom stereocenters. The van der Waals surface area contributed by atoms with E-state index in [4.69, 9.17) is 14.5 Å². The first kappa shape index (κ1) is 15.7. The first-order chi connectivity index (χ1) is 13.2. The Morgan fingerprint density at radius 1 is 1.30 bits per heavy atom. The molecular formula is C18H16N6O3. The number of pyridine rings is 1. The second-order valence-corrected chi connectivity index (χ2v) is 6.71. The Morgan fingerprint density at radius 3 is 2.89 bits per heavy atom. The van der Waals surface area contributed by atoms with Crippen LogP contribution in [-0.2, 0) is 13.0 Å². The van der Waals surface area contributed by atoms with Crippen LogP contribution >= 0.6 is 0 Å². The highest BCUT2D eigenvalue weighted by molar-refractivity contribution is 5.86. The Bertz CT molecular complexity index is 1120. The summed E-state index contributed by atoms with van der Waals surface area (Å²) in [6.07, 6.45) is 9.15. The van der Waals surface area contributed by atoms with Gasteiger partial charge in [-0.05, 0) is 30.4 Å². The fourth-order valence-electron chi connectivity index (χ4n) is 3.26. The highest BCUT2D eigenvalue weighted by Gasteiger charge is 2.25. The molecular weight excluding hydrogens is 348 g/mol. The maximum absolute atomic E-state index is 11.1. The quantitative estimate of drug-likeness (QED) is 0.558. The van der Waals surface area contributed by atoms with E-state index in [1.807, 2.05) is 6.07 Å². The van der Waals surface area contributed by atoms with Crippen LogP contribution in [0.2, 0.25) is 0 Å². The van der Waals surface area contributed by atoms with Crippen LogP contribution in [0.4, 0.5) is 0 Å². The second kappa shape index (κ2) is 6.04. The molecule has 1 aliphatic carbocycles. The van der Waals surface area contributed by atoms with E-state index in [-0.39, 0.29) is 5.56 Å². The molecule has 0 bridgehead atoms. The van der Waals surface area contributed by atoms with E-state index in [0.717, 1.165) is 17.0 Å². The Morgan fingerprint density at radius 2 is 2.19 bits per heavy atom. The van der Waals surface area contributed by atoms with Gasteiger partial charge in [0, 0.05) is 12.4 Å². The molecule has 0 saturated heterocycles. The van der Waals surface area contributed by atoms with Crippen molar-refractivity contribution in [3.05, 3.63) is 65.5 Å². The van der Waals surface area contributed by atoms with Crippen molar-refractivity contribution in [2.24, 2.45) is 0 Å². The van der Waals surface area contributed by atoms with Crippen molar-refractivity contribution in [2.75, 3.05) is 0 Å². The average molecular weight is 364 g/mol. The van der Waals surface area contributed by atoms with Gasteiger partial charge in [0.15, 0.2) is 0 Å². The molecule has 0 aromatic carbocycles. The lowest BCUT2D eigenvalue weighted by atomic mass is 10.2. The van der Waals surface area contributed by atoms with Crippen molar-refractivity contribution in [2.45, 2.75) is 31.7 Å². The summed E-state index contributed by atoms with van der Waals surface area (Å²) in [5.41, 5.74) is 4.00. The number of aromatic nitrogens is 6. The van der Waals surface area contributed by atoms with E-state index >= 15 is 0 Å². The minimum absolute atomic E-state index is 0.147. The summed E-state index contributed by atoms with van der Waals surface area (Å²) < 4.78 is 8.96. The number of hydrogen-bond acceptors (Lipinski definition) is 6. The van der Waals surface area contributed by atoms with Crippen molar-refractivity contribution in [3.63, 3.8) is 0 Å². The molecule has 5 rings (SSSR count). The van der Waals surface area contributed by atoms with Crippen molar-refractivity contribution in [1.29, 1.82) is 0 Å². The first-order valence-electron chi connectivity index (χ1n) is 8.68. The topological polar surface area (TPSA) is 111 Å². The second-order valence-electron chi connectivity index (χ2n) is 6.71. The molecule has 1 N–H and O–H groups in total. The van der Waals surface area contributed by atoms with Crippen LogP contribution in [0.25, 0.3) is 5.65 Å². The molecule has 4 aromatic rings. The molecule has 136 valence electrons. The third kappa shape index (κ3) is 2.97. The number of nitrogens with zero attached hydrogens (tertiary/aromatic N) is 6. The van der Waals surface area contributed by atoms with Crippen LogP contribution in [0.15, 0.2) is 41.5 Å². The summed E-state index contributed by atoms with van der Waals surface area (Å²) in [6, 6.07) is 4.14. The minimum Gasteiger partial charge on any atom is -0.478 e. The summed E-state index contributed by atoms with van der Waals surface area (Å²) in [6.45, 7) is 0.358.